The molecule has 0 bridgehead atoms. The lowest BCUT2D eigenvalue weighted by molar-refractivity contribution is 0.352. The lowest BCUT2D eigenvalue weighted by Crippen LogP contribution is -2.15. The van der Waals surface area contributed by atoms with E-state index in [-0.39, 0.29) is 12.8 Å². The largest absolute Gasteiger partial charge is 0.198 e. The third-order valence-electron chi connectivity index (χ3n) is 1.47. The molecule has 0 aliphatic heterocycles. The Balaban J connectivity index is 3.06. The van der Waals surface area contributed by atoms with Crippen LogP contribution in [0.5, 0.6) is 0 Å². The van der Waals surface area contributed by atoms with Crippen LogP contribution in [0.4, 0.5) is 0 Å². The minimum absolute atomic E-state index is 0.00356. The van der Waals surface area contributed by atoms with Gasteiger partial charge in [0.2, 0.25) is 0 Å². The quantitative estimate of drug-likeness (QED) is 0.512. The molecule has 0 spiro atoms. The first-order valence-electron chi connectivity index (χ1n) is 5.14. The lowest BCUT2D eigenvalue weighted by atomic mass is 9.81. The van der Waals surface area contributed by atoms with E-state index < -0.39 is 24.6 Å². The molecule has 0 amide bonds. The van der Waals surface area contributed by atoms with Crippen molar-refractivity contribution in [1.82, 2.24) is 0 Å². The van der Waals surface area contributed by atoms with Gasteiger partial charge in [0.25, 0.3) is 0 Å². The number of hydrogen-bond acceptors (Lipinski definition) is 2. The van der Waals surface area contributed by atoms with Crippen molar-refractivity contribution in [2.75, 3.05) is 0 Å². The Morgan fingerprint density at radius 3 is 1.80 bits per heavy atom. The summed E-state index contributed by atoms with van der Waals surface area (Å²) >= 11 is 0. The van der Waals surface area contributed by atoms with Gasteiger partial charge in [-0.25, -0.2) is 0 Å². The number of rotatable bonds is 0. The molecular weight excluding hydrogens is 124 g/mol. The van der Waals surface area contributed by atoms with Gasteiger partial charge in [0.1, 0.15) is 0 Å². The second-order valence-corrected chi connectivity index (χ2v) is 2.12. The maximum atomic E-state index is 8.75. The monoisotopic (exact) mass is 138 g/mol. The zero-order valence-electron chi connectivity index (χ0n) is 9.46. The maximum absolute atomic E-state index is 8.75. The highest BCUT2D eigenvalue weighted by molar-refractivity contribution is 4.99. The minimum Gasteiger partial charge on any atom is -0.198 e. The van der Waals surface area contributed by atoms with Crippen molar-refractivity contribution in [3.63, 3.8) is 0 Å². The third kappa shape index (κ3) is 1.28. The van der Waals surface area contributed by atoms with Gasteiger partial charge < -0.3 is 0 Å². The Labute approximate surface area is 66.7 Å². The summed E-state index contributed by atoms with van der Waals surface area (Å²) in [4.78, 5) is 0. The molecule has 1 aliphatic rings. The molecule has 0 aromatic heterocycles. The van der Waals surface area contributed by atoms with Crippen LogP contribution in [-0.2, 0) is 0 Å². The van der Waals surface area contributed by atoms with Crippen molar-refractivity contribution < 1.29 is 5.48 Å². The van der Waals surface area contributed by atoms with Gasteiger partial charge in [-0.05, 0) is 12.7 Å². The Morgan fingerprint density at radius 1 is 1.10 bits per heavy atom. The van der Waals surface area contributed by atoms with Crippen LogP contribution in [-0.4, -0.2) is 0 Å². The van der Waals surface area contributed by atoms with Crippen LogP contribution in [0.1, 0.15) is 31.1 Å². The molecule has 0 aromatic carbocycles. The SMILES string of the molecule is [2H]C1([2H])CCC([2H])([2H])[C@@H](C#N)[C@@H]1C#N. The molecule has 2 atom stereocenters. The first-order valence-corrected chi connectivity index (χ1v) is 3.14. The van der Waals surface area contributed by atoms with Crippen LogP contribution < -0.4 is 0 Å². The van der Waals surface area contributed by atoms with Crippen molar-refractivity contribution in [3.8, 4) is 12.1 Å². The molecular formula is C8H10N2. The van der Waals surface area contributed by atoms with Crippen molar-refractivity contribution >= 4 is 0 Å². The van der Waals surface area contributed by atoms with Crippen molar-refractivity contribution in [2.24, 2.45) is 11.8 Å². The molecule has 2 nitrogen and oxygen atoms in total. The highest BCUT2D eigenvalue weighted by atomic mass is 14.4. The van der Waals surface area contributed by atoms with Crippen LogP contribution in [0.15, 0.2) is 0 Å². The molecule has 0 unspecified atom stereocenters. The van der Waals surface area contributed by atoms with E-state index in [9.17, 15) is 0 Å². The first-order chi connectivity index (χ1) is 6.35. The molecule has 1 saturated carbocycles. The highest BCUT2D eigenvalue weighted by Gasteiger charge is 2.23. The highest BCUT2D eigenvalue weighted by Crippen LogP contribution is 2.28. The average molecular weight is 138 g/mol. The summed E-state index contributed by atoms with van der Waals surface area (Å²) in [5, 5.41) is 17.5. The van der Waals surface area contributed by atoms with E-state index in [0.717, 1.165) is 0 Å². The zero-order chi connectivity index (χ0) is 11.0. The van der Waals surface area contributed by atoms with E-state index in [1.165, 1.54) is 0 Å². The summed E-state index contributed by atoms with van der Waals surface area (Å²) in [5.41, 5.74) is 0. The Morgan fingerprint density at radius 2 is 1.50 bits per heavy atom. The summed E-state index contributed by atoms with van der Waals surface area (Å²) in [6, 6.07) is 3.43. The normalized spacial score (nSPS) is 48.2. The van der Waals surface area contributed by atoms with E-state index in [1.54, 1.807) is 12.1 Å². The topological polar surface area (TPSA) is 47.6 Å². The standard InChI is InChI=1S/C8H10N2/c9-5-7-3-1-2-4-8(7)6-10/h7-8H,1-4H2/t7-,8-/m0/s1/i3D2,4D2. The molecule has 2 heteroatoms. The van der Waals surface area contributed by atoms with Gasteiger partial charge in [0.15, 0.2) is 0 Å². The van der Waals surface area contributed by atoms with Crippen LogP contribution in [0.25, 0.3) is 0 Å². The van der Waals surface area contributed by atoms with Crippen LogP contribution >= 0.6 is 0 Å². The second-order valence-electron chi connectivity index (χ2n) is 2.12. The van der Waals surface area contributed by atoms with Crippen LogP contribution in [0.2, 0.25) is 0 Å². The zero-order valence-corrected chi connectivity index (χ0v) is 5.46. The Kier molecular flexibility index (Phi) is 1.09. The molecule has 0 heterocycles. The predicted octanol–water partition coefficient (Wildman–Crippen LogP) is 1.84. The average Bonchev–Trinajstić information content (AvgIpc) is 2.09. The summed E-state index contributed by atoms with van der Waals surface area (Å²) in [7, 11) is 0. The fraction of sp³-hybridized carbons (Fsp3) is 0.750. The fourth-order valence-electron chi connectivity index (χ4n) is 0.931. The number of nitriles is 2. The smallest absolute Gasteiger partial charge is 0.0669 e. The van der Waals surface area contributed by atoms with Gasteiger partial charge in [-0.2, -0.15) is 10.5 Å². The maximum Gasteiger partial charge on any atom is 0.0669 e. The molecule has 0 radical (unpaired) electrons. The Hall–Kier alpha value is -1.02. The van der Waals surface area contributed by atoms with E-state index in [4.69, 9.17) is 16.0 Å². The minimum atomic E-state index is -1.75. The van der Waals surface area contributed by atoms with Gasteiger partial charge in [-0.15, -0.1) is 0 Å². The summed E-state index contributed by atoms with van der Waals surface area (Å²) in [5.74, 6) is -2.34. The Bertz CT molecular complexity index is 280. The van der Waals surface area contributed by atoms with Gasteiger partial charge in [-0.3, -0.25) is 0 Å². The molecule has 52 valence electrons. The van der Waals surface area contributed by atoms with Gasteiger partial charge in [0.05, 0.1) is 24.0 Å². The molecule has 1 aliphatic carbocycles. The van der Waals surface area contributed by atoms with E-state index >= 15 is 0 Å². The lowest BCUT2D eigenvalue weighted by Gasteiger charge is -2.19. The third-order valence-corrected chi connectivity index (χ3v) is 1.47. The van der Waals surface area contributed by atoms with Crippen molar-refractivity contribution in [2.45, 2.75) is 25.6 Å². The molecule has 1 fully saturated rings. The molecule has 0 saturated heterocycles. The molecule has 10 heavy (non-hydrogen) atoms. The molecule has 0 aromatic rings. The van der Waals surface area contributed by atoms with Crippen LogP contribution in [0, 0.1) is 34.5 Å². The fourth-order valence-corrected chi connectivity index (χ4v) is 0.931. The van der Waals surface area contributed by atoms with E-state index in [2.05, 4.69) is 0 Å². The van der Waals surface area contributed by atoms with Gasteiger partial charge in [0, 0.05) is 5.48 Å². The summed E-state index contributed by atoms with van der Waals surface area (Å²) < 4.78 is 30.1. The predicted molar refractivity (Wildman–Crippen MR) is 36.7 cm³/mol. The van der Waals surface area contributed by atoms with E-state index in [1.807, 2.05) is 0 Å². The second kappa shape index (κ2) is 3.22. The van der Waals surface area contributed by atoms with Crippen LogP contribution in [0.3, 0.4) is 0 Å². The molecule has 0 N–H and O–H groups in total. The summed E-state index contributed by atoms with van der Waals surface area (Å²) in [6.07, 6.45) is -3.51. The summed E-state index contributed by atoms with van der Waals surface area (Å²) in [6.45, 7) is 0. The number of nitrogens with zero attached hydrogens (tertiary/aromatic N) is 2. The van der Waals surface area contributed by atoms with Gasteiger partial charge >= 0.3 is 0 Å². The molecule has 1 rings (SSSR count). The van der Waals surface area contributed by atoms with Gasteiger partial charge in [-0.1, -0.05) is 12.8 Å². The van der Waals surface area contributed by atoms with E-state index in [0.29, 0.717) is 0 Å². The first kappa shape index (κ1) is 3.39. The van der Waals surface area contributed by atoms with Crippen molar-refractivity contribution in [1.29, 1.82) is 10.5 Å². The van der Waals surface area contributed by atoms with Crippen molar-refractivity contribution in [3.05, 3.63) is 0 Å². The number of hydrogen-bond donors (Lipinski definition) is 0.